The molecule has 19 nitrogen and oxygen atoms in total. The van der Waals surface area contributed by atoms with E-state index in [4.69, 9.17) is 33.2 Å². The van der Waals surface area contributed by atoms with Crippen molar-refractivity contribution in [2.45, 2.75) is 203 Å². The van der Waals surface area contributed by atoms with Crippen LogP contribution in [0.15, 0.2) is 12.2 Å². The quantitative estimate of drug-likeness (QED) is 0.0883. The van der Waals surface area contributed by atoms with Crippen LogP contribution in [-0.4, -0.2) is 204 Å². The van der Waals surface area contributed by atoms with Crippen LogP contribution in [0.1, 0.15) is 92.9 Å². The Morgan fingerprint density at radius 1 is 0.567 bits per heavy atom. The van der Waals surface area contributed by atoms with Gasteiger partial charge in [-0.2, -0.15) is 0 Å². The topological polar surface area (TPSA) is 307 Å². The van der Waals surface area contributed by atoms with Crippen molar-refractivity contribution < 1.29 is 94.4 Å². The molecule has 384 valence electrons. The second kappa shape index (κ2) is 17.6. The first-order chi connectivity index (χ1) is 31.5. The van der Waals surface area contributed by atoms with Gasteiger partial charge in [-0.15, -0.1) is 0 Å². The summed E-state index contributed by atoms with van der Waals surface area (Å²) in [5.41, 5.74) is -2.67. The number of aliphatic hydroxyl groups excluding tert-OH is 12. The molecule has 3 unspecified atom stereocenters. The molecule has 9 aliphatic rings. The van der Waals surface area contributed by atoms with Crippen LogP contribution in [0.5, 0.6) is 0 Å². The Morgan fingerprint density at radius 2 is 1.15 bits per heavy atom. The summed E-state index contributed by atoms with van der Waals surface area (Å²) >= 11 is 0. The zero-order valence-corrected chi connectivity index (χ0v) is 39.6. The SMILES string of the molecule is CC1(C)CC[C@]23CO[C@@]4(C=CC5[C@@]6(C)CC[C@H](O[C@@H]7O[C@H](CO)[C@@H](O[C@@H]8O[C@H](CO)[C@@H](O)[C@H](O)[C@H]8O)[C@H](O)[C@H]7O[C@@H]7O[C@H](CO)[C@@H](O)[C@H](O)[C@H]7O)[C@@](C)(CO)C6CC[C@@]5(C)[C@]4(C)C[C@@H]2O)C3C1. The lowest BCUT2D eigenvalue weighted by Gasteiger charge is -2.73. The van der Waals surface area contributed by atoms with E-state index in [1.807, 2.05) is 6.92 Å². The minimum Gasteiger partial charge on any atom is -0.396 e. The van der Waals surface area contributed by atoms with Gasteiger partial charge >= 0.3 is 0 Å². The third-order valence-corrected chi connectivity index (χ3v) is 20.1. The van der Waals surface area contributed by atoms with E-state index in [0.29, 0.717) is 32.3 Å². The smallest absolute Gasteiger partial charge is 0.187 e. The lowest BCUT2D eigenvalue weighted by molar-refractivity contribution is -0.396. The molecule has 9 rings (SSSR count). The van der Waals surface area contributed by atoms with Crippen molar-refractivity contribution in [2.75, 3.05) is 33.0 Å². The summed E-state index contributed by atoms with van der Waals surface area (Å²) in [7, 11) is 0. The van der Waals surface area contributed by atoms with Crippen molar-refractivity contribution in [3.05, 3.63) is 12.2 Å². The Labute approximate surface area is 391 Å². The van der Waals surface area contributed by atoms with E-state index < -0.39 is 141 Å². The van der Waals surface area contributed by atoms with Crippen molar-refractivity contribution in [2.24, 2.45) is 50.2 Å². The number of ether oxygens (including phenoxy) is 7. The lowest BCUT2D eigenvalue weighted by Crippen LogP contribution is -2.72. The van der Waals surface area contributed by atoms with Gasteiger partial charge in [0.2, 0.25) is 0 Å². The Kier molecular flexibility index (Phi) is 13.4. The van der Waals surface area contributed by atoms with Crippen LogP contribution in [0, 0.1) is 50.2 Å². The van der Waals surface area contributed by atoms with E-state index in [0.717, 1.165) is 25.7 Å². The van der Waals surface area contributed by atoms with Gasteiger partial charge in [0.05, 0.1) is 50.8 Å². The highest BCUT2D eigenvalue weighted by Gasteiger charge is 2.79. The predicted molar refractivity (Wildman–Crippen MR) is 231 cm³/mol. The molecule has 0 aromatic carbocycles. The summed E-state index contributed by atoms with van der Waals surface area (Å²) in [5, 5.41) is 131. The second-order valence-electron chi connectivity index (χ2n) is 23.8. The Bertz CT molecular complexity index is 1820. The predicted octanol–water partition coefficient (Wildman–Crippen LogP) is -1.43. The van der Waals surface area contributed by atoms with E-state index in [1.165, 1.54) is 0 Å². The molecule has 8 fully saturated rings. The zero-order chi connectivity index (χ0) is 48.6. The van der Waals surface area contributed by atoms with Gasteiger partial charge in [-0.3, -0.25) is 0 Å². The second-order valence-corrected chi connectivity index (χ2v) is 23.8. The van der Waals surface area contributed by atoms with E-state index in [2.05, 4.69) is 46.8 Å². The number of hydrogen-bond donors (Lipinski definition) is 12. The highest BCUT2D eigenvalue weighted by atomic mass is 16.8. The monoisotopic (exact) mass is 959 g/mol. The molecule has 0 aromatic heterocycles. The summed E-state index contributed by atoms with van der Waals surface area (Å²) in [6, 6.07) is 0. The maximum atomic E-state index is 12.2. The zero-order valence-electron chi connectivity index (χ0n) is 39.6. The van der Waals surface area contributed by atoms with Crippen molar-refractivity contribution >= 4 is 0 Å². The summed E-state index contributed by atoms with van der Waals surface area (Å²) < 4.78 is 43.7. The van der Waals surface area contributed by atoms with E-state index in [-0.39, 0.29) is 46.0 Å². The highest BCUT2D eigenvalue weighted by molar-refractivity contribution is 5.36. The van der Waals surface area contributed by atoms with Crippen molar-refractivity contribution in [3.8, 4) is 0 Å². The molecule has 26 atom stereocenters. The van der Waals surface area contributed by atoms with Gasteiger partial charge in [0.15, 0.2) is 18.9 Å². The Balaban J connectivity index is 1.01. The van der Waals surface area contributed by atoms with Gasteiger partial charge in [-0.05, 0) is 79.4 Å². The lowest BCUT2D eigenvalue weighted by atomic mass is 9.32. The first kappa shape index (κ1) is 50.9. The van der Waals surface area contributed by atoms with Crippen LogP contribution in [0.25, 0.3) is 0 Å². The molecule has 12 N–H and O–H groups in total. The van der Waals surface area contributed by atoms with Crippen LogP contribution in [-0.2, 0) is 33.2 Å². The summed E-state index contributed by atoms with van der Waals surface area (Å²) in [6.07, 6.45) is -15.8. The number of aliphatic hydroxyl groups is 12. The molecule has 67 heavy (non-hydrogen) atoms. The molecule has 19 heteroatoms. The van der Waals surface area contributed by atoms with E-state index in [1.54, 1.807) is 0 Å². The first-order valence-corrected chi connectivity index (χ1v) is 24.6. The first-order valence-electron chi connectivity index (χ1n) is 24.6. The summed E-state index contributed by atoms with van der Waals surface area (Å²) in [4.78, 5) is 0. The van der Waals surface area contributed by atoms with Crippen molar-refractivity contribution in [1.29, 1.82) is 0 Å². The average Bonchev–Trinajstić information content (AvgIpc) is 3.57. The normalized spacial score (nSPS) is 58.1. The molecule has 1 spiro atoms. The number of hydrogen-bond acceptors (Lipinski definition) is 19. The average molecular weight is 959 g/mol. The van der Waals surface area contributed by atoms with Gasteiger partial charge in [-0.1, -0.05) is 53.7 Å². The Hall–Kier alpha value is -1.02. The third kappa shape index (κ3) is 7.29. The highest BCUT2D eigenvalue weighted by Crippen LogP contribution is 2.79. The number of rotatable bonds is 10. The van der Waals surface area contributed by atoms with Crippen LogP contribution < -0.4 is 0 Å². The van der Waals surface area contributed by atoms with E-state index in [9.17, 15) is 61.3 Å². The summed E-state index contributed by atoms with van der Waals surface area (Å²) in [6.45, 7) is 11.6. The fourth-order valence-corrected chi connectivity index (χ4v) is 15.8. The van der Waals surface area contributed by atoms with Crippen LogP contribution in [0.3, 0.4) is 0 Å². The molecule has 4 heterocycles. The van der Waals surface area contributed by atoms with Crippen LogP contribution in [0.4, 0.5) is 0 Å². The molecule has 0 amide bonds. The molecule has 4 saturated carbocycles. The van der Waals surface area contributed by atoms with Gasteiger partial charge < -0.3 is 94.4 Å². The molecule has 4 aliphatic heterocycles. The Morgan fingerprint density at radius 3 is 1.73 bits per heavy atom. The molecular formula is C48H78O19. The number of fused-ring (bicyclic) bond motifs is 4. The largest absolute Gasteiger partial charge is 0.396 e. The molecule has 5 aliphatic carbocycles. The summed E-state index contributed by atoms with van der Waals surface area (Å²) in [5.74, 6) is 0.0951. The third-order valence-electron chi connectivity index (χ3n) is 20.1. The number of allylic oxidation sites excluding steroid dienone is 1. The molecule has 0 radical (unpaired) electrons. The van der Waals surface area contributed by atoms with Gasteiger partial charge in [0.1, 0.15) is 73.2 Å². The van der Waals surface area contributed by atoms with E-state index >= 15 is 0 Å². The molecule has 4 saturated heterocycles. The fraction of sp³-hybridized carbons (Fsp3) is 0.958. The van der Waals surface area contributed by atoms with Crippen LogP contribution in [0.2, 0.25) is 0 Å². The van der Waals surface area contributed by atoms with Gasteiger partial charge in [0.25, 0.3) is 0 Å². The standard InChI is InChI=1S/C48H78O19/c1-42(2)13-14-47-21-61-48(27(47)15-42)12-8-26-43(3)10-9-29(44(4,20-52)25(43)7-11-45(26,5)46(48,6)16-28(47)53)65-41-38(67-40-35(59)33(57)31(55)23(18-50)63-40)36(60)37(24(19-51)64-41)66-39-34(58)32(56)30(54)22(17-49)62-39/h8,12,22-41,49-60H,7,9-11,13-21H2,1-6H3/t22-,23-,24-,25?,26?,27?,28+,29+,30-,31-,32+,33+,34-,35-,36+,37-,38-,39+,40+,41+,43+,44+,45-,46+,47-,48+/m1/s1. The molecule has 0 aromatic rings. The van der Waals surface area contributed by atoms with Crippen molar-refractivity contribution in [1.82, 2.24) is 0 Å². The van der Waals surface area contributed by atoms with Gasteiger partial charge in [0, 0.05) is 22.2 Å². The fourth-order valence-electron chi connectivity index (χ4n) is 15.8. The molecule has 2 bridgehead atoms. The van der Waals surface area contributed by atoms with Crippen LogP contribution >= 0.6 is 0 Å². The minimum atomic E-state index is -1.91. The maximum Gasteiger partial charge on any atom is 0.187 e. The maximum absolute atomic E-state index is 12.2. The van der Waals surface area contributed by atoms with Gasteiger partial charge in [-0.25, -0.2) is 0 Å². The molecular weight excluding hydrogens is 881 g/mol. The van der Waals surface area contributed by atoms with Crippen molar-refractivity contribution in [3.63, 3.8) is 0 Å². The minimum absolute atomic E-state index is 0.0378.